The number of fused-ring (bicyclic) bond motifs is 2. The first-order valence-electron chi connectivity index (χ1n) is 9.09. The molecule has 0 saturated heterocycles. The Morgan fingerprint density at radius 1 is 0.875 bits per heavy atom. The van der Waals surface area contributed by atoms with Crippen LogP contribution in [0.1, 0.15) is 20.7 Å². The molecule has 0 aromatic heterocycles. The zero-order chi connectivity index (χ0) is 23.4. The van der Waals surface area contributed by atoms with Gasteiger partial charge in [-0.1, -0.05) is 42.5 Å². The van der Waals surface area contributed by atoms with Gasteiger partial charge in [-0.2, -0.15) is 0 Å². The lowest BCUT2D eigenvalue weighted by molar-refractivity contribution is -0.384. The van der Waals surface area contributed by atoms with E-state index in [9.17, 15) is 29.9 Å². The summed E-state index contributed by atoms with van der Waals surface area (Å²) in [7, 11) is 0. The van der Waals surface area contributed by atoms with Gasteiger partial charge in [0.1, 0.15) is 11.3 Å². The van der Waals surface area contributed by atoms with Gasteiger partial charge in [0, 0.05) is 0 Å². The molecule has 32 heavy (non-hydrogen) atoms. The zero-order valence-corrected chi connectivity index (χ0v) is 16.4. The summed E-state index contributed by atoms with van der Waals surface area (Å²) < 4.78 is 0. The van der Waals surface area contributed by atoms with Gasteiger partial charge in [-0.15, -0.1) is 0 Å². The molecule has 4 aromatic carbocycles. The number of carbonyl (C=O) groups excluding carboxylic acids is 1. The van der Waals surface area contributed by atoms with Gasteiger partial charge in [-0.05, 0) is 40.4 Å². The molecule has 162 valence electrons. The van der Waals surface area contributed by atoms with Gasteiger partial charge in [-0.25, -0.2) is 10.6 Å². The summed E-state index contributed by atoms with van der Waals surface area (Å²) in [5.41, 5.74) is 1.02. The second-order valence-corrected chi connectivity index (χ2v) is 6.59. The van der Waals surface area contributed by atoms with Crippen LogP contribution in [-0.2, 0) is 0 Å². The molecule has 6 N–H and O–H groups in total. The Hall–Kier alpha value is -4.70. The van der Waals surface area contributed by atoms with E-state index in [1.807, 2.05) is 23.6 Å². The van der Waals surface area contributed by atoms with Crippen molar-refractivity contribution in [1.29, 1.82) is 0 Å². The van der Waals surface area contributed by atoms with E-state index in [-0.39, 0.29) is 22.3 Å². The predicted molar refractivity (Wildman–Crippen MR) is 116 cm³/mol. The molecule has 4 aromatic rings. The minimum atomic E-state index is -1.12. The third-order valence-electron chi connectivity index (χ3n) is 4.65. The quantitative estimate of drug-likeness (QED) is 0.141. The monoisotopic (exact) mass is 435 g/mol. The lowest BCUT2D eigenvalue weighted by atomic mass is 10.0. The fourth-order valence-electron chi connectivity index (χ4n) is 3.15. The van der Waals surface area contributed by atoms with Crippen LogP contribution in [0.2, 0.25) is 0 Å². The van der Waals surface area contributed by atoms with Gasteiger partial charge >= 0.3 is 11.7 Å². The number of nitrogens with two attached hydrogens (primary N) is 1. The number of carboxylic acids is 1. The summed E-state index contributed by atoms with van der Waals surface area (Å²) in [5, 5.41) is 41.3. The number of nitrogen functional groups attached to an aromatic ring is 1. The van der Waals surface area contributed by atoms with Crippen molar-refractivity contribution >= 4 is 39.1 Å². The van der Waals surface area contributed by atoms with Gasteiger partial charge in [0.25, 0.3) is 5.91 Å². The summed E-state index contributed by atoms with van der Waals surface area (Å²) in [6.45, 7) is 0. The predicted octanol–water partition coefficient (Wildman–Crippen LogP) is 3.30. The second kappa shape index (κ2) is 8.98. The number of aromatic carboxylic acids is 1. The SMILES string of the molecule is NNC(=O)c1cc2ccccc2c([N+](=O)[O-])c1O.O=C(O)c1cc2ccccc2cc1O. The number of nitrogens with zero attached hydrogens (tertiary/aromatic N) is 1. The maximum Gasteiger partial charge on any atom is 0.339 e. The number of hydrogen-bond donors (Lipinski definition) is 5. The summed E-state index contributed by atoms with van der Waals surface area (Å²) >= 11 is 0. The average Bonchev–Trinajstić information content (AvgIpc) is 2.77. The second-order valence-electron chi connectivity index (χ2n) is 6.59. The minimum Gasteiger partial charge on any atom is -0.507 e. The Morgan fingerprint density at radius 3 is 1.97 bits per heavy atom. The molecule has 0 bridgehead atoms. The highest BCUT2D eigenvalue weighted by Gasteiger charge is 2.24. The van der Waals surface area contributed by atoms with Crippen LogP contribution >= 0.6 is 0 Å². The van der Waals surface area contributed by atoms with E-state index in [1.54, 1.807) is 24.3 Å². The molecular formula is C22H17N3O7. The molecule has 0 unspecified atom stereocenters. The molecule has 0 spiro atoms. The molecule has 0 aliphatic carbocycles. The summed E-state index contributed by atoms with van der Waals surface area (Å²) in [6, 6.07) is 17.9. The molecule has 1 amide bonds. The first-order valence-corrected chi connectivity index (χ1v) is 9.09. The molecule has 0 radical (unpaired) electrons. The summed E-state index contributed by atoms with van der Waals surface area (Å²) in [6.07, 6.45) is 0. The largest absolute Gasteiger partial charge is 0.507 e. The van der Waals surface area contributed by atoms with E-state index in [4.69, 9.17) is 10.9 Å². The third-order valence-corrected chi connectivity index (χ3v) is 4.65. The molecule has 0 aliphatic heterocycles. The fraction of sp³-hybridized carbons (Fsp3) is 0. The molecule has 10 nitrogen and oxygen atoms in total. The van der Waals surface area contributed by atoms with Crippen LogP contribution in [-0.4, -0.2) is 32.1 Å². The number of rotatable bonds is 3. The molecule has 0 aliphatic rings. The van der Waals surface area contributed by atoms with Crippen molar-refractivity contribution in [1.82, 2.24) is 5.43 Å². The van der Waals surface area contributed by atoms with Crippen molar-refractivity contribution in [3.05, 3.63) is 88.0 Å². The molecule has 10 heteroatoms. The highest BCUT2D eigenvalue weighted by molar-refractivity contribution is 6.05. The maximum atomic E-state index is 11.4. The van der Waals surface area contributed by atoms with Crippen molar-refractivity contribution in [3.8, 4) is 11.5 Å². The topological polar surface area (TPSA) is 176 Å². The van der Waals surface area contributed by atoms with Crippen molar-refractivity contribution < 1.29 is 29.8 Å². The van der Waals surface area contributed by atoms with Gasteiger partial charge < -0.3 is 15.3 Å². The van der Waals surface area contributed by atoms with Crippen LogP contribution in [0.25, 0.3) is 21.5 Å². The maximum absolute atomic E-state index is 11.4. The minimum absolute atomic E-state index is 0.0660. The van der Waals surface area contributed by atoms with Gasteiger partial charge in [0.2, 0.25) is 5.75 Å². The molecule has 4 rings (SSSR count). The number of nitro benzene ring substituents is 1. The standard InChI is InChI=1S/C11H9N3O4.C11H8O3/c12-13-11(16)8-5-6-3-1-2-4-7(6)9(10(8)15)14(17)18;12-10-6-8-4-2-1-3-7(8)5-9(10)11(13)14/h1-5,15H,12H2,(H,13,16);1-6,12H,(H,13,14). The number of hydrogen-bond acceptors (Lipinski definition) is 7. The van der Waals surface area contributed by atoms with E-state index in [2.05, 4.69) is 0 Å². The Labute approximate surface area is 180 Å². The van der Waals surface area contributed by atoms with Gasteiger partial charge in [-0.3, -0.25) is 20.3 Å². The van der Waals surface area contributed by atoms with Crippen LogP contribution in [0.5, 0.6) is 11.5 Å². The van der Waals surface area contributed by atoms with Crippen LogP contribution in [0.4, 0.5) is 5.69 Å². The zero-order valence-electron chi connectivity index (χ0n) is 16.4. The highest BCUT2D eigenvalue weighted by Crippen LogP contribution is 2.37. The third kappa shape index (κ3) is 4.25. The molecular weight excluding hydrogens is 418 g/mol. The Balaban J connectivity index is 0.000000186. The average molecular weight is 435 g/mol. The number of phenols is 2. The number of carboxylic acid groups (broad SMARTS) is 1. The molecule has 0 fully saturated rings. The number of amides is 1. The number of hydrazine groups is 1. The van der Waals surface area contributed by atoms with E-state index in [0.29, 0.717) is 5.39 Å². The number of aromatic hydroxyl groups is 2. The van der Waals surface area contributed by atoms with Crippen LogP contribution < -0.4 is 11.3 Å². The van der Waals surface area contributed by atoms with E-state index < -0.39 is 28.2 Å². The molecule has 0 heterocycles. The lowest BCUT2D eigenvalue weighted by Crippen LogP contribution is -2.30. The Morgan fingerprint density at radius 2 is 1.41 bits per heavy atom. The van der Waals surface area contributed by atoms with Gasteiger partial charge in [0.05, 0.1) is 15.9 Å². The van der Waals surface area contributed by atoms with Crippen molar-refractivity contribution in [2.75, 3.05) is 0 Å². The highest BCUT2D eigenvalue weighted by atomic mass is 16.6. The number of nitro groups is 1. The molecule has 0 saturated carbocycles. The molecule has 0 atom stereocenters. The van der Waals surface area contributed by atoms with E-state index in [0.717, 1.165) is 10.8 Å². The first kappa shape index (κ1) is 22.0. The number of benzene rings is 4. The van der Waals surface area contributed by atoms with Crippen LogP contribution in [0, 0.1) is 10.1 Å². The van der Waals surface area contributed by atoms with Crippen molar-refractivity contribution in [2.45, 2.75) is 0 Å². The van der Waals surface area contributed by atoms with Crippen molar-refractivity contribution in [3.63, 3.8) is 0 Å². The first-order chi connectivity index (χ1) is 15.2. The smallest absolute Gasteiger partial charge is 0.339 e. The van der Waals surface area contributed by atoms with Gasteiger partial charge in [0.15, 0.2) is 0 Å². The summed E-state index contributed by atoms with van der Waals surface area (Å²) in [5.74, 6) is 2.16. The number of carbonyl (C=O) groups is 2. The van der Waals surface area contributed by atoms with Crippen molar-refractivity contribution in [2.24, 2.45) is 5.84 Å². The fourth-order valence-corrected chi connectivity index (χ4v) is 3.15. The number of phenolic OH excluding ortho intramolecular Hbond substituents is 1. The van der Waals surface area contributed by atoms with Crippen LogP contribution in [0.3, 0.4) is 0 Å². The van der Waals surface area contributed by atoms with Crippen LogP contribution in [0.15, 0.2) is 66.7 Å². The Bertz CT molecular complexity index is 1370. The number of nitrogens with one attached hydrogen (secondary N) is 1. The Kier molecular flexibility index (Phi) is 6.17. The van der Waals surface area contributed by atoms with E-state index >= 15 is 0 Å². The summed E-state index contributed by atoms with van der Waals surface area (Å²) in [4.78, 5) is 32.4. The van der Waals surface area contributed by atoms with E-state index in [1.165, 1.54) is 24.3 Å². The lowest BCUT2D eigenvalue weighted by Gasteiger charge is -2.07. The normalized spacial score (nSPS) is 10.3.